The van der Waals surface area contributed by atoms with Gasteiger partial charge in [-0.2, -0.15) is 0 Å². The first-order chi connectivity index (χ1) is 35.0. The second kappa shape index (κ2) is 18.3. The molecular weight excluding hydrogens is 859 g/mol. The van der Waals surface area contributed by atoms with Gasteiger partial charge in [-0.15, -0.1) is 0 Å². The van der Waals surface area contributed by atoms with Crippen LogP contribution in [0, 0.1) is 0 Å². The van der Waals surface area contributed by atoms with Crippen LogP contribution in [0.5, 0.6) is 0 Å². The smallest absolute Gasteiger partial charge is 0.143 e. The minimum atomic E-state index is -0.524. The summed E-state index contributed by atoms with van der Waals surface area (Å²) in [7, 11) is 0. The standard InChI is InChI=1S/C69H53NO/c1-4-20-57(53-39-43-67-64(45-53)63-41-38-51-22-13-15-30-60(51)68(63)71-67)47(3)70(44-19-24-48(5-2)49-34-36-52(37-35-49)59-32-18-23-50-21-12-14-29-58(50)59)56-40-42-62-61-31-16-17-33-65(61)69(66(62)46-56,54-25-8-6-9-26-54)55-27-10-7-11-28-55/h4-43,45-46H,44H2,1-3H3/b20-4-,24-19-,48-5+,57-47-. The summed E-state index contributed by atoms with van der Waals surface area (Å²) < 4.78 is 6.61. The van der Waals surface area contributed by atoms with Gasteiger partial charge in [0.1, 0.15) is 11.2 Å². The number of hydrogen-bond donors (Lipinski definition) is 0. The average Bonchev–Trinajstić information content (AvgIpc) is 3.96. The molecule has 1 aliphatic carbocycles. The van der Waals surface area contributed by atoms with E-state index >= 15 is 0 Å². The molecule has 0 fully saturated rings. The van der Waals surface area contributed by atoms with E-state index in [2.05, 4.69) is 281 Å². The number of fused-ring (bicyclic) bond motifs is 9. The second-order valence-corrected chi connectivity index (χ2v) is 18.6. The Bertz CT molecular complexity index is 3880. The van der Waals surface area contributed by atoms with Crippen molar-refractivity contribution in [1.82, 2.24) is 0 Å². The van der Waals surface area contributed by atoms with Gasteiger partial charge in [0.15, 0.2) is 0 Å². The maximum atomic E-state index is 6.61. The molecule has 71 heavy (non-hydrogen) atoms. The van der Waals surface area contributed by atoms with E-state index in [0.29, 0.717) is 6.54 Å². The van der Waals surface area contributed by atoms with Gasteiger partial charge < -0.3 is 9.32 Å². The lowest BCUT2D eigenvalue weighted by atomic mass is 9.67. The summed E-state index contributed by atoms with van der Waals surface area (Å²) in [6.45, 7) is 7.16. The Kier molecular flexibility index (Phi) is 11.2. The fourth-order valence-electron chi connectivity index (χ4n) is 11.4. The number of benzene rings is 10. The van der Waals surface area contributed by atoms with Crippen LogP contribution in [0.1, 0.15) is 54.2 Å². The van der Waals surface area contributed by atoms with Crippen LogP contribution in [0.2, 0.25) is 0 Å². The van der Waals surface area contributed by atoms with Crippen molar-refractivity contribution < 1.29 is 4.42 Å². The maximum absolute atomic E-state index is 6.61. The Hall–Kier alpha value is -8.72. The van der Waals surface area contributed by atoms with Crippen LogP contribution in [0.25, 0.3) is 76.9 Å². The first-order valence-electron chi connectivity index (χ1n) is 24.8. The fourth-order valence-corrected chi connectivity index (χ4v) is 11.4. The summed E-state index contributed by atoms with van der Waals surface area (Å²) in [4.78, 5) is 2.50. The third kappa shape index (κ3) is 7.43. The summed E-state index contributed by atoms with van der Waals surface area (Å²) in [5.41, 5.74) is 18.3. The van der Waals surface area contributed by atoms with Crippen LogP contribution in [0.3, 0.4) is 0 Å². The number of anilines is 1. The van der Waals surface area contributed by atoms with Crippen molar-refractivity contribution in [3.05, 3.63) is 294 Å². The molecule has 0 radical (unpaired) electrons. The van der Waals surface area contributed by atoms with Gasteiger partial charge in [0.2, 0.25) is 0 Å². The normalized spacial score (nSPS) is 13.6. The molecule has 10 aromatic carbocycles. The van der Waals surface area contributed by atoms with E-state index in [1.54, 1.807) is 0 Å². The number of rotatable bonds is 11. The molecule has 0 aliphatic heterocycles. The summed E-state index contributed by atoms with van der Waals surface area (Å²) >= 11 is 0. The first-order valence-corrected chi connectivity index (χ1v) is 24.8. The Morgan fingerprint density at radius 1 is 0.493 bits per heavy atom. The van der Waals surface area contributed by atoms with Gasteiger partial charge in [0.05, 0.1) is 5.41 Å². The van der Waals surface area contributed by atoms with Gasteiger partial charge >= 0.3 is 0 Å². The lowest BCUT2D eigenvalue weighted by Gasteiger charge is -2.35. The number of nitrogens with zero attached hydrogens (tertiary/aromatic N) is 1. The molecule has 1 heterocycles. The van der Waals surface area contributed by atoms with E-state index in [-0.39, 0.29) is 0 Å². The highest BCUT2D eigenvalue weighted by Crippen LogP contribution is 2.57. The van der Waals surface area contributed by atoms with Crippen molar-refractivity contribution in [3.63, 3.8) is 0 Å². The molecule has 1 aromatic heterocycles. The van der Waals surface area contributed by atoms with Crippen LogP contribution in [0.15, 0.2) is 265 Å². The largest absolute Gasteiger partial charge is 0.455 e. The zero-order valence-corrected chi connectivity index (χ0v) is 40.3. The number of hydrogen-bond acceptors (Lipinski definition) is 2. The van der Waals surface area contributed by atoms with E-state index in [9.17, 15) is 0 Å². The van der Waals surface area contributed by atoms with E-state index in [1.807, 2.05) is 0 Å². The molecule has 0 N–H and O–H groups in total. The Morgan fingerprint density at radius 3 is 1.87 bits per heavy atom. The molecule has 11 aromatic rings. The zero-order valence-electron chi connectivity index (χ0n) is 40.3. The summed E-state index contributed by atoms with van der Waals surface area (Å²) in [6, 6.07) is 82.1. The monoisotopic (exact) mass is 911 g/mol. The minimum absolute atomic E-state index is 0.524. The minimum Gasteiger partial charge on any atom is -0.455 e. The van der Waals surface area contributed by atoms with Gasteiger partial charge in [0.25, 0.3) is 0 Å². The Balaban J connectivity index is 0.999. The lowest BCUT2D eigenvalue weighted by molar-refractivity contribution is 0.672. The lowest BCUT2D eigenvalue weighted by Crippen LogP contribution is -2.29. The molecule has 12 rings (SSSR count). The molecule has 340 valence electrons. The van der Waals surface area contributed by atoms with Gasteiger partial charge in [-0.05, 0) is 128 Å². The zero-order chi connectivity index (χ0) is 47.9. The van der Waals surface area contributed by atoms with Crippen molar-refractivity contribution in [2.24, 2.45) is 0 Å². The molecule has 0 bridgehead atoms. The molecule has 0 amide bonds. The van der Waals surface area contributed by atoms with E-state index < -0.39 is 5.41 Å². The van der Waals surface area contributed by atoms with Crippen LogP contribution < -0.4 is 4.90 Å². The predicted octanol–water partition coefficient (Wildman–Crippen LogP) is 18.4. The highest BCUT2D eigenvalue weighted by atomic mass is 16.3. The van der Waals surface area contributed by atoms with Crippen molar-refractivity contribution in [3.8, 4) is 22.3 Å². The molecule has 0 spiro atoms. The average molecular weight is 912 g/mol. The second-order valence-electron chi connectivity index (χ2n) is 18.6. The van der Waals surface area contributed by atoms with Gasteiger partial charge in [0, 0.05) is 39.7 Å². The molecule has 2 nitrogen and oxygen atoms in total. The first kappa shape index (κ1) is 43.6. The van der Waals surface area contributed by atoms with E-state index in [4.69, 9.17) is 4.42 Å². The predicted molar refractivity (Wildman–Crippen MR) is 302 cm³/mol. The third-order valence-electron chi connectivity index (χ3n) is 14.8. The molecular formula is C69H53NO. The van der Waals surface area contributed by atoms with E-state index in [0.717, 1.165) is 49.8 Å². The summed E-state index contributed by atoms with van der Waals surface area (Å²) in [5, 5.41) is 7.05. The SMILES string of the molecule is C/C=C\C(=C(/C)N(C/C=C\C(=C/C)c1ccc(-c2cccc3ccccc23)cc1)c1ccc2c(c1)C(c1ccccc1)(c1ccccc1)c1ccccc1-2)c1ccc2oc3c4ccccc4ccc3c2c1. The quantitative estimate of drug-likeness (QED) is 0.120. The van der Waals surface area contributed by atoms with Gasteiger partial charge in [-0.1, -0.05) is 225 Å². The fraction of sp³-hybridized carbons (Fsp3) is 0.0725. The van der Waals surface area contributed by atoms with Crippen molar-refractivity contribution in [2.75, 3.05) is 11.4 Å². The van der Waals surface area contributed by atoms with Crippen LogP contribution >= 0.6 is 0 Å². The molecule has 1 aliphatic rings. The Labute approximate surface area is 416 Å². The number of allylic oxidation sites excluding steroid dienone is 7. The van der Waals surface area contributed by atoms with Crippen molar-refractivity contribution >= 4 is 60.3 Å². The van der Waals surface area contributed by atoms with Crippen LogP contribution in [0.4, 0.5) is 5.69 Å². The maximum Gasteiger partial charge on any atom is 0.143 e. The molecule has 0 atom stereocenters. The third-order valence-corrected chi connectivity index (χ3v) is 14.8. The van der Waals surface area contributed by atoms with Crippen molar-refractivity contribution in [2.45, 2.75) is 26.2 Å². The van der Waals surface area contributed by atoms with Crippen LogP contribution in [-0.2, 0) is 5.41 Å². The molecule has 2 heteroatoms. The highest BCUT2D eigenvalue weighted by molar-refractivity contribution is 6.15. The van der Waals surface area contributed by atoms with Crippen molar-refractivity contribution in [1.29, 1.82) is 0 Å². The molecule has 0 saturated heterocycles. The Morgan fingerprint density at radius 2 is 1.13 bits per heavy atom. The number of furan rings is 1. The van der Waals surface area contributed by atoms with E-state index in [1.165, 1.54) is 71.8 Å². The van der Waals surface area contributed by atoms with Gasteiger partial charge in [-0.3, -0.25) is 0 Å². The molecule has 0 saturated carbocycles. The van der Waals surface area contributed by atoms with Gasteiger partial charge in [-0.25, -0.2) is 0 Å². The highest BCUT2D eigenvalue weighted by Gasteiger charge is 2.46. The molecule has 0 unspecified atom stereocenters. The van der Waals surface area contributed by atoms with Crippen LogP contribution in [-0.4, -0.2) is 6.54 Å². The summed E-state index contributed by atoms with van der Waals surface area (Å²) in [5.74, 6) is 0. The topological polar surface area (TPSA) is 16.4 Å². The summed E-state index contributed by atoms with van der Waals surface area (Å²) in [6.07, 6.45) is 11.3.